The summed E-state index contributed by atoms with van der Waals surface area (Å²) in [6.45, 7) is 9.67. The van der Waals surface area contributed by atoms with Gasteiger partial charge in [-0.15, -0.1) is 0 Å². The molecule has 1 aliphatic heterocycles. The first-order valence-corrected chi connectivity index (χ1v) is 7.99. The maximum absolute atomic E-state index is 12.2. The molecule has 1 aliphatic rings. The van der Waals surface area contributed by atoms with Crippen LogP contribution in [0, 0.1) is 6.92 Å². The number of benzene rings is 1. The maximum atomic E-state index is 12.2. The predicted octanol–water partition coefficient (Wildman–Crippen LogP) is 3.91. The van der Waals surface area contributed by atoms with Gasteiger partial charge in [-0.1, -0.05) is 24.3 Å². The molecule has 0 aliphatic carbocycles. The lowest BCUT2D eigenvalue weighted by Crippen LogP contribution is -2.41. The highest BCUT2D eigenvalue weighted by atomic mass is 16.6. The van der Waals surface area contributed by atoms with E-state index < -0.39 is 5.60 Å². The summed E-state index contributed by atoms with van der Waals surface area (Å²) in [6, 6.07) is 8.34. The molecule has 4 heteroatoms. The summed E-state index contributed by atoms with van der Waals surface area (Å²) in [5.41, 5.74) is 1.98. The van der Waals surface area contributed by atoms with Gasteiger partial charge in [0.15, 0.2) is 0 Å². The zero-order chi connectivity index (χ0) is 16.2. The van der Waals surface area contributed by atoms with Crippen molar-refractivity contribution < 1.29 is 14.3 Å². The van der Waals surface area contributed by atoms with Gasteiger partial charge in [0.25, 0.3) is 0 Å². The van der Waals surface area contributed by atoms with E-state index in [9.17, 15) is 4.79 Å². The van der Waals surface area contributed by atoms with Crippen LogP contribution in [0.2, 0.25) is 0 Å². The second-order valence-corrected chi connectivity index (χ2v) is 6.91. The van der Waals surface area contributed by atoms with Gasteiger partial charge in [-0.2, -0.15) is 0 Å². The summed E-state index contributed by atoms with van der Waals surface area (Å²) >= 11 is 0. The van der Waals surface area contributed by atoms with Crippen LogP contribution < -0.4 is 0 Å². The van der Waals surface area contributed by atoms with Crippen LogP contribution in [0.15, 0.2) is 24.3 Å². The highest BCUT2D eigenvalue weighted by Gasteiger charge is 2.32. The number of likely N-dealkylation sites (tertiary alicyclic amines) is 1. The molecule has 1 heterocycles. The van der Waals surface area contributed by atoms with Crippen molar-refractivity contribution in [3.63, 3.8) is 0 Å². The van der Waals surface area contributed by atoms with Gasteiger partial charge in [0, 0.05) is 6.54 Å². The van der Waals surface area contributed by atoms with Crippen molar-refractivity contribution in [2.75, 3.05) is 13.2 Å². The Hall–Kier alpha value is -1.55. The van der Waals surface area contributed by atoms with Gasteiger partial charge in [-0.05, 0) is 51.7 Å². The molecule has 0 saturated carbocycles. The van der Waals surface area contributed by atoms with E-state index in [-0.39, 0.29) is 12.1 Å². The summed E-state index contributed by atoms with van der Waals surface area (Å²) in [6.07, 6.45) is 1.76. The summed E-state index contributed by atoms with van der Waals surface area (Å²) in [5, 5.41) is 0. The van der Waals surface area contributed by atoms with Gasteiger partial charge < -0.3 is 14.4 Å². The zero-order valence-corrected chi connectivity index (χ0v) is 14.1. The molecule has 1 aromatic rings. The Kier molecular flexibility index (Phi) is 5.46. The fourth-order valence-electron chi connectivity index (χ4n) is 2.65. The van der Waals surface area contributed by atoms with E-state index in [1.807, 2.05) is 37.8 Å². The largest absolute Gasteiger partial charge is 0.444 e. The number of carbonyl (C=O) groups excluding carboxylic acids is 1. The summed E-state index contributed by atoms with van der Waals surface area (Å²) in [7, 11) is 0. The first-order valence-electron chi connectivity index (χ1n) is 7.99. The maximum Gasteiger partial charge on any atom is 0.410 e. The van der Waals surface area contributed by atoms with Crippen LogP contribution in [0.5, 0.6) is 0 Å². The zero-order valence-electron chi connectivity index (χ0n) is 14.1. The van der Waals surface area contributed by atoms with E-state index in [0.29, 0.717) is 13.2 Å². The fourth-order valence-corrected chi connectivity index (χ4v) is 2.65. The van der Waals surface area contributed by atoms with E-state index in [4.69, 9.17) is 9.47 Å². The van der Waals surface area contributed by atoms with Crippen molar-refractivity contribution in [2.24, 2.45) is 0 Å². The third kappa shape index (κ3) is 4.73. The Morgan fingerprint density at radius 2 is 2.05 bits per heavy atom. The Morgan fingerprint density at radius 1 is 1.32 bits per heavy atom. The smallest absolute Gasteiger partial charge is 0.410 e. The van der Waals surface area contributed by atoms with Gasteiger partial charge in [-0.3, -0.25) is 0 Å². The molecule has 22 heavy (non-hydrogen) atoms. The number of carbonyl (C=O) groups is 1. The predicted molar refractivity (Wildman–Crippen MR) is 86.8 cm³/mol. The topological polar surface area (TPSA) is 38.8 Å². The monoisotopic (exact) mass is 305 g/mol. The second-order valence-electron chi connectivity index (χ2n) is 6.91. The molecule has 1 amide bonds. The molecule has 0 bridgehead atoms. The summed E-state index contributed by atoms with van der Waals surface area (Å²) in [5.74, 6) is 0. The molecule has 0 aromatic heterocycles. The van der Waals surface area contributed by atoms with Crippen molar-refractivity contribution in [1.82, 2.24) is 4.90 Å². The van der Waals surface area contributed by atoms with Gasteiger partial charge in [0.1, 0.15) is 5.60 Å². The van der Waals surface area contributed by atoms with Crippen LogP contribution in [0.1, 0.15) is 44.7 Å². The van der Waals surface area contributed by atoms with E-state index in [2.05, 4.69) is 19.1 Å². The second kappa shape index (κ2) is 7.14. The number of nitrogens with zero attached hydrogens (tertiary/aromatic N) is 1. The quantitative estimate of drug-likeness (QED) is 0.846. The number of rotatable bonds is 4. The highest BCUT2D eigenvalue weighted by molar-refractivity contribution is 5.68. The Bertz CT molecular complexity index is 507. The van der Waals surface area contributed by atoms with Gasteiger partial charge >= 0.3 is 6.09 Å². The lowest BCUT2D eigenvalue weighted by Gasteiger charge is -2.28. The number of hydrogen-bond acceptors (Lipinski definition) is 3. The Balaban J connectivity index is 1.84. The molecule has 122 valence electrons. The molecule has 0 unspecified atom stereocenters. The van der Waals surface area contributed by atoms with Crippen molar-refractivity contribution in [3.05, 3.63) is 35.4 Å². The molecule has 4 nitrogen and oxygen atoms in total. The fraction of sp³-hybridized carbons (Fsp3) is 0.611. The molecular formula is C18H27NO3. The molecule has 0 N–H and O–H groups in total. The minimum Gasteiger partial charge on any atom is -0.444 e. The van der Waals surface area contributed by atoms with Crippen molar-refractivity contribution in [1.29, 1.82) is 0 Å². The van der Waals surface area contributed by atoms with Crippen LogP contribution in [0.25, 0.3) is 0 Å². The van der Waals surface area contributed by atoms with Crippen LogP contribution in [-0.2, 0) is 16.1 Å². The number of aryl methyl sites for hydroxylation is 1. The van der Waals surface area contributed by atoms with E-state index in [1.54, 1.807) is 0 Å². The van der Waals surface area contributed by atoms with E-state index in [0.717, 1.165) is 19.4 Å². The normalized spacial score (nSPS) is 18.5. The Labute approximate surface area is 133 Å². The van der Waals surface area contributed by atoms with Gasteiger partial charge in [-0.25, -0.2) is 4.79 Å². The molecule has 1 atom stereocenters. The molecule has 2 rings (SSSR count). The standard InChI is InChI=1S/C18H27NO3/c1-14-8-5-6-9-15(14)12-21-13-16-10-7-11-19(16)17(20)22-18(2,3)4/h5-6,8-9,16H,7,10-13H2,1-4H3/t16-/m1/s1. The van der Waals surface area contributed by atoms with Gasteiger partial charge in [0.05, 0.1) is 19.3 Å². The van der Waals surface area contributed by atoms with Crippen LogP contribution in [0.3, 0.4) is 0 Å². The first kappa shape index (κ1) is 16.8. The molecular weight excluding hydrogens is 278 g/mol. The number of ether oxygens (including phenoxy) is 2. The average Bonchev–Trinajstić information content (AvgIpc) is 2.87. The van der Waals surface area contributed by atoms with Crippen molar-refractivity contribution in [2.45, 2.75) is 58.8 Å². The third-order valence-electron chi connectivity index (χ3n) is 3.83. The average molecular weight is 305 g/mol. The number of amides is 1. The van der Waals surface area contributed by atoms with Gasteiger partial charge in [0.2, 0.25) is 0 Å². The summed E-state index contributed by atoms with van der Waals surface area (Å²) in [4.78, 5) is 14.0. The summed E-state index contributed by atoms with van der Waals surface area (Å²) < 4.78 is 11.3. The minimum atomic E-state index is -0.452. The van der Waals surface area contributed by atoms with Crippen LogP contribution in [0.4, 0.5) is 4.79 Å². The minimum absolute atomic E-state index is 0.124. The number of hydrogen-bond donors (Lipinski definition) is 0. The van der Waals surface area contributed by atoms with E-state index >= 15 is 0 Å². The molecule has 1 fully saturated rings. The molecule has 1 aromatic carbocycles. The highest BCUT2D eigenvalue weighted by Crippen LogP contribution is 2.21. The SMILES string of the molecule is Cc1ccccc1COC[C@H]1CCCN1C(=O)OC(C)(C)C. The van der Waals surface area contributed by atoms with E-state index in [1.165, 1.54) is 11.1 Å². The molecule has 1 saturated heterocycles. The Morgan fingerprint density at radius 3 is 2.73 bits per heavy atom. The lowest BCUT2D eigenvalue weighted by molar-refractivity contribution is 0.00878. The van der Waals surface area contributed by atoms with Crippen LogP contribution >= 0.6 is 0 Å². The van der Waals surface area contributed by atoms with Crippen molar-refractivity contribution in [3.8, 4) is 0 Å². The molecule has 0 spiro atoms. The van der Waals surface area contributed by atoms with Crippen LogP contribution in [-0.4, -0.2) is 35.8 Å². The lowest BCUT2D eigenvalue weighted by atomic mass is 10.1. The van der Waals surface area contributed by atoms with Crippen molar-refractivity contribution >= 4 is 6.09 Å². The first-order chi connectivity index (χ1) is 10.4. The molecule has 0 radical (unpaired) electrons. The third-order valence-corrected chi connectivity index (χ3v) is 3.83.